The normalized spacial score (nSPS) is 10.8. The Labute approximate surface area is 149 Å². The summed E-state index contributed by atoms with van der Waals surface area (Å²) in [5, 5.41) is 10.5. The molecule has 0 bridgehead atoms. The Morgan fingerprint density at radius 1 is 1.30 bits per heavy atom. The van der Waals surface area contributed by atoms with Gasteiger partial charge in [-0.2, -0.15) is 0 Å². The van der Waals surface area contributed by atoms with Crippen LogP contribution in [0.15, 0.2) is 34.8 Å². The number of aromatic hydroxyl groups is 1. The molecule has 0 saturated carbocycles. The van der Waals surface area contributed by atoms with E-state index in [9.17, 15) is 9.90 Å². The minimum atomic E-state index is -0.00216. The molecule has 2 aromatic carbocycles. The van der Waals surface area contributed by atoms with Gasteiger partial charge in [0.1, 0.15) is 18.1 Å². The maximum Gasteiger partial charge on any atom is 0.157 e. The van der Waals surface area contributed by atoms with Crippen LogP contribution in [0, 0.1) is 0 Å². The Bertz CT molecular complexity index is 690. The van der Waals surface area contributed by atoms with Crippen LogP contribution in [0.25, 0.3) is 0 Å². The van der Waals surface area contributed by atoms with Crippen molar-refractivity contribution in [3.8, 4) is 11.5 Å². The van der Waals surface area contributed by atoms with Crippen LogP contribution in [0.1, 0.15) is 36.5 Å². The number of aldehydes is 1. The minimum Gasteiger partial charge on any atom is -0.508 e. The molecule has 122 valence electrons. The SMILES string of the molecule is CC(C)c1cc(Cc2c(Cl)cc(OCC=O)cc2Br)ccc1O. The number of rotatable bonds is 6. The lowest BCUT2D eigenvalue weighted by atomic mass is 9.96. The van der Waals surface area contributed by atoms with E-state index in [0.717, 1.165) is 21.2 Å². The molecule has 2 rings (SSSR count). The van der Waals surface area contributed by atoms with Crippen LogP contribution < -0.4 is 4.74 Å². The number of phenols is 1. The van der Waals surface area contributed by atoms with Crippen molar-refractivity contribution in [2.75, 3.05) is 6.61 Å². The fourth-order valence-corrected chi connectivity index (χ4v) is 3.31. The van der Waals surface area contributed by atoms with E-state index >= 15 is 0 Å². The lowest BCUT2D eigenvalue weighted by Crippen LogP contribution is -1.99. The summed E-state index contributed by atoms with van der Waals surface area (Å²) < 4.78 is 6.10. The van der Waals surface area contributed by atoms with Crippen LogP contribution in [0.5, 0.6) is 11.5 Å². The third-order valence-corrected chi connectivity index (χ3v) is 4.57. The summed E-state index contributed by atoms with van der Waals surface area (Å²) in [7, 11) is 0. The molecule has 5 heteroatoms. The Balaban J connectivity index is 2.30. The minimum absolute atomic E-state index is 0.00216. The van der Waals surface area contributed by atoms with Crippen molar-refractivity contribution in [1.29, 1.82) is 0 Å². The quantitative estimate of drug-likeness (QED) is 0.690. The van der Waals surface area contributed by atoms with Crippen molar-refractivity contribution in [3.63, 3.8) is 0 Å². The number of ether oxygens (including phenoxy) is 1. The zero-order chi connectivity index (χ0) is 17.0. The second kappa shape index (κ2) is 7.84. The van der Waals surface area contributed by atoms with Gasteiger partial charge in [-0.1, -0.05) is 53.5 Å². The number of halogens is 2. The predicted molar refractivity (Wildman–Crippen MR) is 95.7 cm³/mol. The van der Waals surface area contributed by atoms with E-state index < -0.39 is 0 Å². The average molecular weight is 398 g/mol. The number of hydrogen-bond donors (Lipinski definition) is 1. The molecule has 0 aliphatic rings. The van der Waals surface area contributed by atoms with Gasteiger partial charge in [0.15, 0.2) is 6.29 Å². The lowest BCUT2D eigenvalue weighted by Gasteiger charge is -2.13. The largest absolute Gasteiger partial charge is 0.508 e. The first kappa shape index (κ1) is 17.8. The number of carbonyl (C=O) groups excluding carboxylic acids is 1. The topological polar surface area (TPSA) is 46.5 Å². The Kier molecular flexibility index (Phi) is 6.08. The van der Waals surface area contributed by atoms with Crippen LogP contribution in [-0.2, 0) is 11.2 Å². The van der Waals surface area contributed by atoms with E-state index in [4.69, 9.17) is 16.3 Å². The third-order valence-electron chi connectivity index (χ3n) is 3.53. The molecule has 2 aromatic rings. The van der Waals surface area contributed by atoms with Gasteiger partial charge in [0.05, 0.1) is 0 Å². The fraction of sp³-hybridized carbons (Fsp3) is 0.278. The molecule has 0 aromatic heterocycles. The molecule has 0 amide bonds. The zero-order valence-electron chi connectivity index (χ0n) is 13.0. The lowest BCUT2D eigenvalue weighted by molar-refractivity contribution is -0.109. The molecular weight excluding hydrogens is 380 g/mol. The maximum atomic E-state index is 10.4. The smallest absolute Gasteiger partial charge is 0.157 e. The van der Waals surface area contributed by atoms with E-state index in [1.54, 1.807) is 18.2 Å². The molecule has 0 saturated heterocycles. The number of carbonyl (C=O) groups is 1. The molecule has 0 spiro atoms. The van der Waals surface area contributed by atoms with E-state index in [-0.39, 0.29) is 12.5 Å². The monoisotopic (exact) mass is 396 g/mol. The predicted octanol–water partition coefficient (Wildman–Crippen LogP) is 5.10. The molecule has 0 aliphatic carbocycles. The Morgan fingerprint density at radius 2 is 2.04 bits per heavy atom. The molecule has 3 nitrogen and oxygen atoms in total. The second-order valence-corrected chi connectivity index (χ2v) is 6.83. The maximum absolute atomic E-state index is 10.4. The highest BCUT2D eigenvalue weighted by atomic mass is 79.9. The summed E-state index contributed by atoms with van der Waals surface area (Å²) in [4.78, 5) is 10.4. The van der Waals surface area contributed by atoms with Gasteiger partial charge in [-0.05, 0) is 40.8 Å². The third kappa shape index (κ3) is 4.49. The van der Waals surface area contributed by atoms with E-state index in [1.165, 1.54) is 0 Å². The standard InChI is InChI=1S/C18H18BrClO3/c1-11(2)14-7-12(3-4-18(14)22)8-15-16(19)9-13(10-17(15)20)23-6-5-21/h3-5,7,9-11,22H,6,8H2,1-2H3. The van der Waals surface area contributed by atoms with E-state index in [1.807, 2.05) is 26.0 Å². The molecule has 0 unspecified atom stereocenters. The van der Waals surface area contributed by atoms with Crippen molar-refractivity contribution in [1.82, 2.24) is 0 Å². The summed E-state index contributed by atoms with van der Waals surface area (Å²) in [6.45, 7) is 4.08. The molecule has 0 aliphatic heterocycles. The van der Waals surface area contributed by atoms with Crippen LogP contribution in [0.3, 0.4) is 0 Å². The molecule has 0 radical (unpaired) electrons. The summed E-state index contributed by atoms with van der Waals surface area (Å²) in [5.41, 5.74) is 2.92. The molecule has 0 atom stereocenters. The summed E-state index contributed by atoms with van der Waals surface area (Å²) in [6, 6.07) is 9.11. The average Bonchev–Trinajstić information content (AvgIpc) is 2.50. The molecule has 0 fully saturated rings. The molecule has 1 N–H and O–H groups in total. The summed E-state index contributed by atoms with van der Waals surface area (Å²) >= 11 is 9.86. The van der Waals surface area contributed by atoms with Crippen molar-refractivity contribution >= 4 is 33.8 Å². The number of phenolic OH excluding ortho intramolecular Hbond substituents is 1. The van der Waals surface area contributed by atoms with E-state index in [2.05, 4.69) is 15.9 Å². The van der Waals surface area contributed by atoms with Gasteiger partial charge in [0.2, 0.25) is 0 Å². The van der Waals surface area contributed by atoms with Crippen LogP contribution >= 0.6 is 27.5 Å². The first-order chi connectivity index (χ1) is 10.9. The van der Waals surface area contributed by atoms with Crippen molar-refractivity contribution < 1.29 is 14.6 Å². The van der Waals surface area contributed by atoms with Crippen LogP contribution in [0.4, 0.5) is 0 Å². The molecule has 0 heterocycles. The highest BCUT2D eigenvalue weighted by Crippen LogP contribution is 2.34. The van der Waals surface area contributed by atoms with Gasteiger partial charge < -0.3 is 9.84 Å². The Morgan fingerprint density at radius 3 is 2.65 bits per heavy atom. The molecular formula is C18H18BrClO3. The van der Waals surface area contributed by atoms with Gasteiger partial charge in [-0.15, -0.1) is 0 Å². The zero-order valence-corrected chi connectivity index (χ0v) is 15.3. The summed E-state index contributed by atoms with van der Waals surface area (Å²) in [5.74, 6) is 1.10. The number of benzene rings is 2. The molecule has 23 heavy (non-hydrogen) atoms. The number of hydrogen-bond acceptors (Lipinski definition) is 3. The van der Waals surface area contributed by atoms with Crippen molar-refractivity contribution in [2.24, 2.45) is 0 Å². The highest BCUT2D eigenvalue weighted by molar-refractivity contribution is 9.10. The van der Waals surface area contributed by atoms with Crippen LogP contribution in [0.2, 0.25) is 5.02 Å². The van der Waals surface area contributed by atoms with Crippen molar-refractivity contribution in [2.45, 2.75) is 26.2 Å². The van der Waals surface area contributed by atoms with Gasteiger partial charge in [-0.25, -0.2) is 0 Å². The van der Waals surface area contributed by atoms with Gasteiger partial charge in [0, 0.05) is 15.9 Å². The summed E-state index contributed by atoms with van der Waals surface area (Å²) in [6.07, 6.45) is 1.33. The fourth-order valence-electron chi connectivity index (χ4n) is 2.34. The first-order valence-electron chi connectivity index (χ1n) is 7.28. The van der Waals surface area contributed by atoms with Gasteiger partial charge >= 0.3 is 0 Å². The van der Waals surface area contributed by atoms with Crippen molar-refractivity contribution in [3.05, 3.63) is 56.5 Å². The Hall–Kier alpha value is -1.52. The second-order valence-electron chi connectivity index (χ2n) is 5.57. The van der Waals surface area contributed by atoms with Gasteiger partial charge in [0.25, 0.3) is 0 Å². The van der Waals surface area contributed by atoms with E-state index in [0.29, 0.717) is 29.2 Å². The highest BCUT2D eigenvalue weighted by Gasteiger charge is 2.12. The first-order valence-corrected chi connectivity index (χ1v) is 8.45. The van der Waals surface area contributed by atoms with Crippen LogP contribution in [-0.4, -0.2) is 18.0 Å². The van der Waals surface area contributed by atoms with Gasteiger partial charge in [-0.3, -0.25) is 4.79 Å².